The molecule has 4 nitrogen and oxygen atoms in total. The lowest BCUT2D eigenvalue weighted by Gasteiger charge is -2.24. The third kappa shape index (κ3) is 3.50. The number of rotatable bonds is 3. The molecule has 8 heteroatoms. The minimum Gasteiger partial charge on any atom is -0.315 e. The number of benzene rings is 1. The van der Waals surface area contributed by atoms with Gasteiger partial charge in [-0.3, -0.25) is 0 Å². The minimum atomic E-state index is -4.70. The van der Waals surface area contributed by atoms with Crippen molar-refractivity contribution in [3.63, 3.8) is 0 Å². The van der Waals surface area contributed by atoms with E-state index in [2.05, 4.69) is 10.0 Å². The maximum Gasteiger partial charge on any atom is 0.417 e. The molecular weight excluding hydrogens is 293 g/mol. The Morgan fingerprint density at radius 2 is 1.95 bits per heavy atom. The van der Waals surface area contributed by atoms with Gasteiger partial charge < -0.3 is 5.32 Å². The SMILES string of the molecule is O=S(=O)(N[C@H]1CCCNC1)c1ccccc1C(F)(F)F. The molecule has 1 atom stereocenters. The molecule has 0 spiro atoms. The fourth-order valence-corrected chi connectivity index (χ4v) is 3.67. The quantitative estimate of drug-likeness (QED) is 0.894. The predicted molar refractivity (Wildman–Crippen MR) is 67.7 cm³/mol. The maximum absolute atomic E-state index is 12.9. The van der Waals surface area contributed by atoms with Crippen LogP contribution in [-0.2, 0) is 16.2 Å². The van der Waals surface area contributed by atoms with Gasteiger partial charge in [-0.05, 0) is 31.5 Å². The largest absolute Gasteiger partial charge is 0.417 e. The molecule has 0 bridgehead atoms. The summed E-state index contributed by atoms with van der Waals surface area (Å²) in [6, 6.07) is 3.82. The molecule has 1 saturated heterocycles. The second kappa shape index (κ2) is 5.71. The third-order valence-electron chi connectivity index (χ3n) is 3.10. The molecule has 20 heavy (non-hydrogen) atoms. The van der Waals surface area contributed by atoms with Crippen molar-refractivity contribution in [3.05, 3.63) is 29.8 Å². The highest BCUT2D eigenvalue weighted by molar-refractivity contribution is 7.89. The van der Waals surface area contributed by atoms with Gasteiger partial charge >= 0.3 is 6.18 Å². The number of alkyl halides is 3. The molecule has 1 aromatic rings. The molecule has 1 heterocycles. The van der Waals surface area contributed by atoms with Gasteiger partial charge in [0.1, 0.15) is 0 Å². The third-order valence-corrected chi connectivity index (χ3v) is 4.68. The van der Waals surface area contributed by atoms with Crippen molar-refractivity contribution < 1.29 is 21.6 Å². The summed E-state index contributed by atoms with van der Waals surface area (Å²) in [7, 11) is -4.18. The van der Waals surface area contributed by atoms with E-state index in [0.29, 0.717) is 13.0 Å². The molecule has 1 aromatic carbocycles. The Kier molecular flexibility index (Phi) is 4.36. The van der Waals surface area contributed by atoms with E-state index in [1.807, 2.05) is 0 Å². The fraction of sp³-hybridized carbons (Fsp3) is 0.500. The average Bonchev–Trinajstić information content (AvgIpc) is 2.38. The summed E-state index contributed by atoms with van der Waals surface area (Å²) < 4.78 is 65.1. The zero-order valence-corrected chi connectivity index (χ0v) is 11.4. The van der Waals surface area contributed by atoms with Crippen LogP contribution < -0.4 is 10.0 Å². The molecule has 0 aliphatic carbocycles. The van der Waals surface area contributed by atoms with E-state index in [0.717, 1.165) is 25.1 Å². The van der Waals surface area contributed by atoms with E-state index in [1.165, 1.54) is 12.1 Å². The Labute approximate surface area is 115 Å². The van der Waals surface area contributed by atoms with Crippen LogP contribution in [0.5, 0.6) is 0 Å². The van der Waals surface area contributed by atoms with Crippen LogP contribution in [0.25, 0.3) is 0 Å². The molecule has 1 aliphatic rings. The highest BCUT2D eigenvalue weighted by Crippen LogP contribution is 2.33. The Morgan fingerprint density at radius 1 is 1.25 bits per heavy atom. The maximum atomic E-state index is 12.9. The average molecular weight is 308 g/mol. The number of nitrogens with one attached hydrogen (secondary N) is 2. The first kappa shape index (κ1) is 15.3. The molecule has 0 radical (unpaired) electrons. The van der Waals surface area contributed by atoms with Crippen molar-refractivity contribution in [2.24, 2.45) is 0 Å². The van der Waals surface area contributed by atoms with Crippen LogP contribution in [0, 0.1) is 0 Å². The Hall–Kier alpha value is -1.12. The molecule has 0 aromatic heterocycles. The van der Waals surface area contributed by atoms with Gasteiger partial charge in [0.15, 0.2) is 0 Å². The van der Waals surface area contributed by atoms with Crippen LogP contribution >= 0.6 is 0 Å². The minimum absolute atomic E-state index is 0.380. The lowest BCUT2D eigenvalue weighted by Crippen LogP contribution is -2.45. The number of hydrogen-bond donors (Lipinski definition) is 2. The summed E-state index contributed by atoms with van der Waals surface area (Å²) in [6.07, 6.45) is -3.30. The zero-order chi connectivity index (χ0) is 14.8. The summed E-state index contributed by atoms with van der Waals surface area (Å²) in [4.78, 5) is -0.724. The van der Waals surface area contributed by atoms with Gasteiger partial charge in [0, 0.05) is 12.6 Å². The summed E-state index contributed by atoms with van der Waals surface area (Å²) in [5, 5.41) is 3.00. The van der Waals surface area contributed by atoms with Gasteiger partial charge in [0.2, 0.25) is 10.0 Å². The first-order valence-corrected chi connectivity index (χ1v) is 7.68. The van der Waals surface area contributed by atoms with Crippen molar-refractivity contribution in [3.8, 4) is 0 Å². The van der Waals surface area contributed by atoms with Gasteiger partial charge in [-0.15, -0.1) is 0 Å². The molecule has 1 fully saturated rings. The van der Waals surface area contributed by atoms with Crippen LogP contribution in [0.1, 0.15) is 18.4 Å². The summed E-state index contributed by atoms with van der Waals surface area (Å²) >= 11 is 0. The van der Waals surface area contributed by atoms with Crippen LogP contribution in [0.15, 0.2) is 29.2 Å². The monoisotopic (exact) mass is 308 g/mol. The molecular formula is C12H15F3N2O2S. The summed E-state index contributed by atoms with van der Waals surface area (Å²) in [6.45, 7) is 1.21. The van der Waals surface area contributed by atoms with Gasteiger partial charge in [0.25, 0.3) is 0 Å². The van der Waals surface area contributed by atoms with E-state index in [9.17, 15) is 21.6 Å². The van der Waals surface area contributed by atoms with Gasteiger partial charge in [-0.2, -0.15) is 13.2 Å². The molecule has 0 unspecified atom stereocenters. The fourth-order valence-electron chi connectivity index (χ4n) is 2.17. The van der Waals surface area contributed by atoms with Crippen molar-refractivity contribution in [1.29, 1.82) is 0 Å². The molecule has 2 rings (SSSR count). The number of halogens is 3. The normalized spacial score (nSPS) is 20.9. The molecule has 2 N–H and O–H groups in total. The first-order valence-electron chi connectivity index (χ1n) is 6.20. The Bertz CT molecular complexity index is 566. The highest BCUT2D eigenvalue weighted by atomic mass is 32.2. The Balaban J connectivity index is 2.29. The molecule has 1 aliphatic heterocycles. The van der Waals surface area contributed by atoms with E-state index < -0.39 is 26.7 Å². The van der Waals surface area contributed by atoms with Crippen molar-refractivity contribution in [2.75, 3.05) is 13.1 Å². The Morgan fingerprint density at radius 3 is 2.55 bits per heavy atom. The number of piperidine rings is 1. The van der Waals surface area contributed by atoms with Crippen molar-refractivity contribution in [2.45, 2.75) is 30.0 Å². The van der Waals surface area contributed by atoms with Gasteiger partial charge in [-0.25, -0.2) is 13.1 Å². The standard InChI is InChI=1S/C12H15F3N2O2S/c13-12(14,15)10-5-1-2-6-11(10)20(18,19)17-9-4-3-7-16-8-9/h1-2,5-6,9,16-17H,3-4,7-8H2/t9-/m0/s1. The van der Waals surface area contributed by atoms with Crippen molar-refractivity contribution in [1.82, 2.24) is 10.0 Å². The molecule has 112 valence electrons. The highest BCUT2D eigenvalue weighted by Gasteiger charge is 2.37. The lowest BCUT2D eigenvalue weighted by molar-refractivity contribution is -0.139. The van der Waals surface area contributed by atoms with Crippen LogP contribution in [0.3, 0.4) is 0 Å². The van der Waals surface area contributed by atoms with Crippen LogP contribution in [0.2, 0.25) is 0 Å². The van der Waals surface area contributed by atoms with Gasteiger partial charge in [-0.1, -0.05) is 12.1 Å². The van der Waals surface area contributed by atoms with Crippen LogP contribution in [0.4, 0.5) is 13.2 Å². The molecule has 0 saturated carbocycles. The second-order valence-electron chi connectivity index (χ2n) is 4.66. The van der Waals surface area contributed by atoms with E-state index >= 15 is 0 Å². The second-order valence-corrected chi connectivity index (χ2v) is 6.34. The van der Waals surface area contributed by atoms with Gasteiger partial charge in [0.05, 0.1) is 10.5 Å². The predicted octanol–water partition coefficient (Wildman–Crippen LogP) is 1.74. The number of sulfonamides is 1. The summed E-state index contributed by atoms with van der Waals surface area (Å²) in [5.74, 6) is 0. The van der Waals surface area contributed by atoms with Crippen LogP contribution in [-0.4, -0.2) is 27.5 Å². The first-order chi connectivity index (χ1) is 9.31. The van der Waals surface area contributed by atoms with Crippen molar-refractivity contribution >= 4 is 10.0 Å². The summed E-state index contributed by atoms with van der Waals surface area (Å²) in [5.41, 5.74) is -1.14. The smallest absolute Gasteiger partial charge is 0.315 e. The van der Waals surface area contributed by atoms with E-state index in [1.54, 1.807) is 0 Å². The van der Waals surface area contributed by atoms with E-state index in [-0.39, 0.29) is 6.04 Å². The molecule has 0 amide bonds. The zero-order valence-electron chi connectivity index (χ0n) is 10.6. The lowest BCUT2D eigenvalue weighted by atomic mass is 10.1. The topological polar surface area (TPSA) is 58.2 Å². The number of hydrogen-bond acceptors (Lipinski definition) is 3. The van der Waals surface area contributed by atoms with E-state index in [4.69, 9.17) is 0 Å².